The quantitative estimate of drug-likeness (QED) is 0.318. The summed E-state index contributed by atoms with van der Waals surface area (Å²) < 4.78 is 13.6. The van der Waals surface area contributed by atoms with Crippen molar-refractivity contribution >= 4 is 23.2 Å². The number of aryl methyl sites for hydroxylation is 1. The molecule has 0 saturated carbocycles. The minimum absolute atomic E-state index is 0.0653. The van der Waals surface area contributed by atoms with Crippen LogP contribution in [0.25, 0.3) is 0 Å². The number of nitrogens with zero attached hydrogens (tertiary/aromatic N) is 2. The van der Waals surface area contributed by atoms with Crippen LogP contribution in [0.15, 0.2) is 103 Å². The van der Waals surface area contributed by atoms with Crippen molar-refractivity contribution < 1.29 is 14.0 Å². The van der Waals surface area contributed by atoms with Gasteiger partial charge in [0, 0.05) is 28.5 Å². The third kappa shape index (κ3) is 4.40. The van der Waals surface area contributed by atoms with E-state index in [1.807, 2.05) is 97.6 Å². The van der Waals surface area contributed by atoms with Crippen molar-refractivity contribution in [1.29, 1.82) is 0 Å². The van der Waals surface area contributed by atoms with Gasteiger partial charge in [-0.1, -0.05) is 54.1 Å². The van der Waals surface area contributed by atoms with E-state index in [9.17, 15) is 14.0 Å². The molecule has 1 heterocycles. The molecule has 0 aromatic heterocycles. The lowest BCUT2D eigenvalue weighted by atomic mass is 9.89. The Hall–Kier alpha value is -4.25. The van der Waals surface area contributed by atoms with Gasteiger partial charge in [-0.2, -0.15) is 0 Å². The topological polar surface area (TPSA) is 40.6 Å². The number of hydrogen-bond donors (Lipinski definition) is 0. The molecule has 4 aromatic rings. The summed E-state index contributed by atoms with van der Waals surface area (Å²) in [4.78, 5) is 31.1. The SMILES string of the molecule is Cc1ccc(C(=O)N2c3ccccc3[C@@H](N(C(=O)c3ccc(F)cc3)c3ccccc3)C[C@@H]2C)cc1. The molecule has 4 nitrogen and oxygen atoms in total. The van der Waals surface area contributed by atoms with E-state index in [-0.39, 0.29) is 29.7 Å². The van der Waals surface area contributed by atoms with Crippen molar-refractivity contribution in [3.05, 3.63) is 131 Å². The first-order chi connectivity index (χ1) is 17.4. The van der Waals surface area contributed by atoms with Gasteiger partial charge in [-0.25, -0.2) is 4.39 Å². The van der Waals surface area contributed by atoms with E-state index in [4.69, 9.17) is 0 Å². The molecular formula is C31H27FN2O2. The highest BCUT2D eigenvalue weighted by Gasteiger charge is 2.39. The van der Waals surface area contributed by atoms with Crippen LogP contribution < -0.4 is 9.80 Å². The molecule has 1 aliphatic heterocycles. The molecule has 36 heavy (non-hydrogen) atoms. The maximum Gasteiger partial charge on any atom is 0.258 e. The first kappa shape index (κ1) is 23.5. The van der Waals surface area contributed by atoms with Gasteiger partial charge in [-0.05, 0) is 80.4 Å². The van der Waals surface area contributed by atoms with Crippen LogP contribution in [0.2, 0.25) is 0 Å². The third-order valence-electron chi connectivity index (χ3n) is 6.73. The number of para-hydroxylation sites is 2. The highest BCUT2D eigenvalue weighted by Crippen LogP contribution is 2.43. The molecule has 0 unspecified atom stereocenters. The molecule has 0 saturated heterocycles. The van der Waals surface area contributed by atoms with Crippen LogP contribution in [0.1, 0.15) is 51.2 Å². The van der Waals surface area contributed by atoms with Gasteiger partial charge in [0.2, 0.25) is 0 Å². The molecule has 4 aromatic carbocycles. The van der Waals surface area contributed by atoms with Crippen molar-refractivity contribution in [1.82, 2.24) is 0 Å². The molecule has 2 amide bonds. The minimum atomic E-state index is -0.389. The number of rotatable bonds is 4. The second-order valence-corrected chi connectivity index (χ2v) is 9.22. The number of carbonyl (C=O) groups is 2. The summed E-state index contributed by atoms with van der Waals surface area (Å²) in [5, 5.41) is 0. The summed E-state index contributed by atoms with van der Waals surface area (Å²) in [6, 6.07) is 30.0. The lowest BCUT2D eigenvalue weighted by Gasteiger charge is -2.43. The summed E-state index contributed by atoms with van der Waals surface area (Å²) in [6.45, 7) is 4.01. The second-order valence-electron chi connectivity index (χ2n) is 9.22. The lowest BCUT2D eigenvalue weighted by Crippen LogP contribution is -2.47. The first-order valence-corrected chi connectivity index (χ1v) is 12.1. The average molecular weight is 479 g/mol. The monoisotopic (exact) mass is 478 g/mol. The number of benzene rings is 4. The van der Waals surface area contributed by atoms with Crippen molar-refractivity contribution in [2.75, 3.05) is 9.80 Å². The number of amides is 2. The molecule has 0 bridgehead atoms. The van der Waals surface area contributed by atoms with Gasteiger partial charge in [0.1, 0.15) is 5.82 Å². The minimum Gasteiger partial charge on any atom is -0.305 e. The Morgan fingerprint density at radius 2 is 1.42 bits per heavy atom. The molecule has 0 N–H and O–H groups in total. The fourth-order valence-corrected chi connectivity index (χ4v) is 4.93. The summed E-state index contributed by atoms with van der Waals surface area (Å²) in [5.74, 6) is -0.671. The maximum absolute atomic E-state index is 13.9. The predicted octanol–water partition coefficient (Wildman–Crippen LogP) is 6.96. The van der Waals surface area contributed by atoms with Gasteiger partial charge in [0.25, 0.3) is 11.8 Å². The fraction of sp³-hybridized carbons (Fsp3) is 0.161. The van der Waals surface area contributed by atoms with E-state index < -0.39 is 0 Å². The number of halogens is 1. The Morgan fingerprint density at radius 1 is 0.806 bits per heavy atom. The molecule has 0 aliphatic carbocycles. The molecule has 1 aliphatic rings. The molecule has 2 atom stereocenters. The maximum atomic E-state index is 13.9. The molecule has 0 radical (unpaired) electrons. The Balaban J connectivity index is 1.60. The predicted molar refractivity (Wildman–Crippen MR) is 141 cm³/mol. The Bertz CT molecular complexity index is 1380. The Labute approximate surface area is 210 Å². The smallest absolute Gasteiger partial charge is 0.258 e. The Morgan fingerprint density at radius 3 is 2.11 bits per heavy atom. The number of carbonyl (C=O) groups excluding carboxylic acids is 2. The normalized spacial score (nSPS) is 16.8. The van der Waals surface area contributed by atoms with Gasteiger partial charge in [0.05, 0.1) is 6.04 Å². The van der Waals surface area contributed by atoms with E-state index in [1.165, 1.54) is 24.3 Å². The standard InChI is InChI=1S/C31H27FN2O2/c1-21-12-14-23(15-13-21)30(35)33-22(2)20-29(27-10-6-7-11-28(27)33)34(26-8-4-3-5-9-26)31(36)24-16-18-25(32)19-17-24/h3-19,22,29H,20H2,1-2H3/t22-,29-/m0/s1. The molecule has 180 valence electrons. The van der Waals surface area contributed by atoms with Crippen LogP contribution >= 0.6 is 0 Å². The van der Waals surface area contributed by atoms with E-state index in [0.29, 0.717) is 17.5 Å². The van der Waals surface area contributed by atoms with E-state index in [1.54, 1.807) is 4.90 Å². The van der Waals surface area contributed by atoms with Gasteiger partial charge in [-0.15, -0.1) is 0 Å². The van der Waals surface area contributed by atoms with Crippen LogP contribution in [0.5, 0.6) is 0 Å². The van der Waals surface area contributed by atoms with E-state index >= 15 is 0 Å². The molecule has 0 fully saturated rings. The zero-order valence-corrected chi connectivity index (χ0v) is 20.3. The van der Waals surface area contributed by atoms with Crippen molar-refractivity contribution in [3.8, 4) is 0 Å². The first-order valence-electron chi connectivity index (χ1n) is 12.1. The van der Waals surface area contributed by atoms with Crippen LogP contribution in [0.4, 0.5) is 15.8 Å². The third-order valence-corrected chi connectivity index (χ3v) is 6.73. The van der Waals surface area contributed by atoms with Gasteiger partial charge >= 0.3 is 0 Å². The van der Waals surface area contributed by atoms with Gasteiger partial charge in [0.15, 0.2) is 0 Å². The number of fused-ring (bicyclic) bond motifs is 1. The second kappa shape index (κ2) is 9.78. The van der Waals surface area contributed by atoms with Crippen LogP contribution in [0, 0.1) is 12.7 Å². The molecule has 5 heteroatoms. The van der Waals surface area contributed by atoms with Crippen LogP contribution in [-0.4, -0.2) is 17.9 Å². The van der Waals surface area contributed by atoms with Crippen LogP contribution in [0.3, 0.4) is 0 Å². The van der Waals surface area contributed by atoms with Crippen molar-refractivity contribution in [3.63, 3.8) is 0 Å². The van der Waals surface area contributed by atoms with Crippen LogP contribution in [-0.2, 0) is 0 Å². The summed E-state index contributed by atoms with van der Waals surface area (Å²) in [7, 11) is 0. The largest absolute Gasteiger partial charge is 0.305 e. The highest BCUT2D eigenvalue weighted by atomic mass is 19.1. The van der Waals surface area contributed by atoms with E-state index in [0.717, 1.165) is 22.5 Å². The molecule has 0 spiro atoms. The summed E-state index contributed by atoms with van der Waals surface area (Å²) in [6.07, 6.45) is 0.552. The Kier molecular flexibility index (Phi) is 6.38. The summed E-state index contributed by atoms with van der Waals surface area (Å²) >= 11 is 0. The summed E-state index contributed by atoms with van der Waals surface area (Å²) in [5.41, 5.74) is 4.57. The van der Waals surface area contributed by atoms with E-state index in [2.05, 4.69) is 0 Å². The van der Waals surface area contributed by atoms with Gasteiger partial charge < -0.3 is 9.80 Å². The lowest BCUT2D eigenvalue weighted by molar-refractivity contribution is 0.0965. The zero-order chi connectivity index (χ0) is 25.2. The van der Waals surface area contributed by atoms with Gasteiger partial charge in [-0.3, -0.25) is 9.59 Å². The van der Waals surface area contributed by atoms with Crippen molar-refractivity contribution in [2.24, 2.45) is 0 Å². The fourth-order valence-electron chi connectivity index (χ4n) is 4.93. The number of hydrogen-bond acceptors (Lipinski definition) is 2. The van der Waals surface area contributed by atoms with Crippen molar-refractivity contribution in [2.45, 2.75) is 32.4 Å². The zero-order valence-electron chi connectivity index (χ0n) is 20.3. The average Bonchev–Trinajstić information content (AvgIpc) is 2.90. The highest BCUT2D eigenvalue weighted by molar-refractivity contribution is 6.09. The number of anilines is 2. The molecule has 5 rings (SSSR count). The molecular weight excluding hydrogens is 451 g/mol.